The van der Waals surface area contributed by atoms with E-state index in [-0.39, 0.29) is 23.5 Å². The molecule has 0 spiro atoms. The number of hydrogen-bond acceptors (Lipinski definition) is 4. The Hall–Kier alpha value is -1.68. The van der Waals surface area contributed by atoms with Crippen molar-refractivity contribution < 1.29 is 17.2 Å². The van der Waals surface area contributed by atoms with Gasteiger partial charge in [0.05, 0.1) is 22.3 Å². The number of halogens is 2. The maximum Gasteiger partial charge on any atom is 0.183 e. The zero-order valence-electron chi connectivity index (χ0n) is 9.99. The van der Waals surface area contributed by atoms with Crippen molar-refractivity contribution in [1.82, 2.24) is 0 Å². The Morgan fingerprint density at radius 1 is 1.37 bits per heavy atom. The molecule has 0 aromatic heterocycles. The molecule has 0 radical (unpaired) electrons. The standard InChI is InChI=1S/C12H12F2N2O2S/c13-11-8(6-15)3-4-10(12(11)14)16-7-9-2-1-5-19(9,17)18/h3-4,9,16H,1-2,5,7H2. The molecule has 1 aliphatic rings. The third-order valence-corrected chi connectivity index (χ3v) is 5.46. The second-order valence-electron chi connectivity index (χ2n) is 4.41. The summed E-state index contributed by atoms with van der Waals surface area (Å²) in [4.78, 5) is 0. The molecule has 7 heteroatoms. The van der Waals surface area contributed by atoms with Gasteiger partial charge in [-0.05, 0) is 25.0 Å². The van der Waals surface area contributed by atoms with Crippen LogP contribution in [0.1, 0.15) is 18.4 Å². The second-order valence-corrected chi connectivity index (χ2v) is 6.81. The molecular formula is C12H12F2N2O2S. The lowest BCUT2D eigenvalue weighted by Crippen LogP contribution is -2.25. The van der Waals surface area contributed by atoms with Gasteiger partial charge in [0, 0.05) is 6.54 Å². The van der Waals surface area contributed by atoms with Crippen molar-refractivity contribution in [3.05, 3.63) is 29.3 Å². The van der Waals surface area contributed by atoms with Gasteiger partial charge in [0.25, 0.3) is 0 Å². The van der Waals surface area contributed by atoms with Gasteiger partial charge >= 0.3 is 0 Å². The van der Waals surface area contributed by atoms with Gasteiger partial charge in [0.1, 0.15) is 6.07 Å². The second kappa shape index (κ2) is 5.13. The summed E-state index contributed by atoms with van der Waals surface area (Å²) in [5, 5.41) is 10.6. The summed E-state index contributed by atoms with van der Waals surface area (Å²) >= 11 is 0. The first kappa shape index (κ1) is 13.7. The molecule has 0 aliphatic carbocycles. The average Bonchev–Trinajstić information content (AvgIpc) is 2.70. The Kier molecular flexibility index (Phi) is 3.71. The van der Waals surface area contributed by atoms with Crippen molar-refractivity contribution in [3.63, 3.8) is 0 Å². The molecule has 102 valence electrons. The molecule has 1 atom stereocenters. The van der Waals surface area contributed by atoms with Crippen molar-refractivity contribution in [2.75, 3.05) is 17.6 Å². The summed E-state index contributed by atoms with van der Waals surface area (Å²) < 4.78 is 50.1. The van der Waals surface area contributed by atoms with Gasteiger partial charge in [-0.2, -0.15) is 5.26 Å². The monoisotopic (exact) mass is 286 g/mol. The summed E-state index contributed by atoms with van der Waals surface area (Å²) in [6.07, 6.45) is 1.12. The third kappa shape index (κ3) is 2.68. The number of nitriles is 1. The Balaban J connectivity index is 2.13. The summed E-state index contributed by atoms with van der Waals surface area (Å²) in [5.41, 5.74) is -0.505. The van der Waals surface area contributed by atoms with E-state index in [0.29, 0.717) is 12.8 Å². The Morgan fingerprint density at radius 3 is 2.68 bits per heavy atom. The van der Waals surface area contributed by atoms with Crippen LogP contribution in [0.3, 0.4) is 0 Å². The minimum atomic E-state index is -3.12. The molecule has 0 amide bonds. The minimum Gasteiger partial charge on any atom is -0.381 e. The molecule has 1 unspecified atom stereocenters. The number of anilines is 1. The van der Waals surface area contributed by atoms with Gasteiger partial charge in [0.2, 0.25) is 0 Å². The number of rotatable bonds is 3. The quantitative estimate of drug-likeness (QED) is 0.920. The van der Waals surface area contributed by atoms with E-state index in [0.717, 1.165) is 6.07 Å². The normalized spacial score (nSPS) is 21.0. The van der Waals surface area contributed by atoms with E-state index in [1.807, 2.05) is 0 Å². The van der Waals surface area contributed by atoms with E-state index in [4.69, 9.17) is 5.26 Å². The van der Waals surface area contributed by atoms with E-state index in [2.05, 4.69) is 5.32 Å². The van der Waals surface area contributed by atoms with Crippen LogP contribution in [0.25, 0.3) is 0 Å². The SMILES string of the molecule is N#Cc1ccc(NCC2CCCS2(=O)=O)c(F)c1F. The fraction of sp³-hybridized carbons (Fsp3) is 0.417. The molecule has 1 fully saturated rings. The lowest BCUT2D eigenvalue weighted by Gasteiger charge is -2.13. The first-order valence-corrected chi connectivity index (χ1v) is 7.51. The Bertz CT molecular complexity index is 638. The lowest BCUT2D eigenvalue weighted by atomic mass is 10.2. The van der Waals surface area contributed by atoms with Crippen LogP contribution in [0.15, 0.2) is 12.1 Å². The summed E-state index contributed by atoms with van der Waals surface area (Å²) in [6.45, 7) is 0.0462. The highest BCUT2D eigenvalue weighted by Crippen LogP contribution is 2.23. The molecule has 2 rings (SSSR count). The Morgan fingerprint density at radius 2 is 2.11 bits per heavy atom. The first-order valence-electron chi connectivity index (χ1n) is 5.79. The topological polar surface area (TPSA) is 70.0 Å². The fourth-order valence-corrected chi connectivity index (χ4v) is 3.85. The maximum atomic E-state index is 13.6. The van der Waals surface area contributed by atoms with Gasteiger partial charge in [-0.3, -0.25) is 0 Å². The highest BCUT2D eigenvalue weighted by Gasteiger charge is 2.31. The van der Waals surface area contributed by atoms with Crippen LogP contribution in [0.4, 0.5) is 14.5 Å². The van der Waals surface area contributed by atoms with Gasteiger partial charge in [-0.25, -0.2) is 17.2 Å². The molecule has 0 bridgehead atoms. The van der Waals surface area contributed by atoms with E-state index in [9.17, 15) is 17.2 Å². The number of hydrogen-bond donors (Lipinski definition) is 1. The van der Waals surface area contributed by atoms with E-state index >= 15 is 0 Å². The molecule has 1 N–H and O–H groups in total. The first-order chi connectivity index (χ1) is 8.95. The molecule has 1 aliphatic heterocycles. The van der Waals surface area contributed by atoms with Crippen LogP contribution in [0, 0.1) is 23.0 Å². The lowest BCUT2D eigenvalue weighted by molar-refractivity contribution is 0.508. The van der Waals surface area contributed by atoms with Gasteiger partial charge in [0.15, 0.2) is 21.5 Å². The zero-order valence-corrected chi connectivity index (χ0v) is 10.8. The van der Waals surface area contributed by atoms with Crippen LogP contribution in [-0.2, 0) is 9.84 Å². The van der Waals surface area contributed by atoms with Crippen molar-refractivity contribution in [3.8, 4) is 6.07 Å². The largest absolute Gasteiger partial charge is 0.381 e. The Labute approximate surface area is 110 Å². The molecule has 4 nitrogen and oxygen atoms in total. The third-order valence-electron chi connectivity index (χ3n) is 3.19. The van der Waals surface area contributed by atoms with Crippen LogP contribution >= 0.6 is 0 Å². The summed E-state index contributed by atoms with van der Waals surface area (Å²) in [6, 6.07) is 3.93. The van der Waals surface area contributed by atoms with Crippen molar-refractivity contribution in [2.24, 2.45) is 0 Å². The average molecular weight is 286 g/mol. The molecular weight excluding hydrogens is 274 g/mol. The zero-order chi connectivity index (χ0) is 14.0. The van der Waals surface area contributed by atoms with Crippen LogP contribution in [-0.4, -0.2) is 26.0 Å². The number of nitrogens with one attached hydrogen (secondary N) is 1. The number of nitrogens with zero attached hydrogens (tertiary/aromatic N) is 1. The predicted octanol–water partition coefficient (Wildman–Crippen LogP) is 1.83. The smallest absolute Gasteiger partial charge is 0.183 e. The van der Waals surface area contributed by atoms with Gasteiger partial charge < -0.3 is 5.32 Å². The van der Waals surface area contributed by atoms with E-state index < -0.39 is 26.7 Å². The molecule has 1 aromatic rings. The molecule has 1 aromatic carbocycles. The maximum absolute atomic E-state index is 13.6. The number of sulfone groups is 1. The van der Waals surface area contributed by atoms with Crippen molar-refractivity contribution in [1.29, 1.82) is 5.26 Å². The molecule has 1 heterocycles. The van der Waals surface area contributed by atoms with Crippen LogP contribution in [0.5, 0.6) is 0 Å². The molecule has 1 saturated heterocycles. The van der Waals surface area contributed by atoms with Gasteiger partial charge in [-0.15, -0.1) is 0 Å². The summed E-state index contributed by atoms with van der Waals surface area (Å²) in [7, 11) is -3.12. The van der Waals surface area contributed by atoms with Crippen LogP contribution < -0.4 is 5.32 Å². The molecule has 19 heavy (non-hydrogen) atoms. The summed E-state index contributed by atoms with van der Waals surface area (Å²) in [5.74, 6) is -2.24. The predicted molar refractivity (Wildman–Crippen MR) is 66.4 cm³/mol. The van der Waals surface area contributed by atoms with Gasteiger partial charge in [-0.1, -0.05) is 0 Å². The fourth-order valence-electron chi connectivity index (χ4n) is 2.08. The van der Waals surface area contributed by atoms with E-state index in [1.165, 1.54) is 12.1 Å². The number of benzene rings is 1. The van der Waals surface area contributed by atoms with Crippen molar-refractivity contribution >= 4 is 15.5 Å². The van der Waals surface area contributed by atoms with Crippen molar-refractivity contribution in [2.45, 2.75) is 18.1 Å². The molecule has 0 saturated carbocycles. The van der Waals surface area contributed by atoms with Crippen LogP contribution in [0.2, 0.25) is 0 Å². The van der Waals surface area contributed by atoms with E-state index in [1.54, 1.807) is 0 Å². The minimum absolute atomic E-state index is 0.0462. The highest BCUT2D eigenvalue weighted by atomic mass is 32.2. The highest BCUT2D eigenvalue weighted by molar-refractivity contribution is 7.92.